The minimum atomic E-state index is -4.79. The third-order valence-corrected chi connectivity index (χ3v) is 5.09. The standard InChI is InChI=1S/C23H14F6/c1-2-12-3-6-16-15-7-4-13(9-17(15)20(24)11-18(16)22(12)26)14-5-8-19(21(25)10-14)23(27,28)29/h3-11H,2H2,1H3. The van der Waals surface area contributed by atoms with Gasteiger partial charge in [0.15, 0.2) is 0 Å². The fourth-order valence-corrected chi connectivity index (χ4v) is 3.57. The second-order valence-electron chi connectivity index (χ2n) is 6.80. The first-order valence-electron chi connectivity index (χ1n) is 8.91. The van der Waals surface area contributed by atoms with Crippen molar-refractivity contribution in [3.05, 3.63) is 83.2 Å². The minimum Gasteiger partial charge on any atom is -0.206 e. The highest BCUT2D eigenvalue weighted by Gasteiger charge is 2.34. The summed E-state index contributed by atoms with van der Waals surface area (Å²) in [7, 11) is 0. The molecule has 0 atom stereocenters. The van der Waals surface area contributed by atoms with Gasteiger partial charge in [-0.05, 0) is 58.1 Å². The topological polar surface area (TPSA) is 0 Å². The molecule has 0 bridgehead atoms. The van der Waals surface area contributed by atoms with E-state index in [4.69, 9.17) is 0 Å². The van der Waals surface area contributed by atoms with Crippen LogP contribution in [0.15, 0.2) is 54.6 Å². The van der Waals surface area contributed by atoms with Gasteiger partial charge in [-0.2, -0.15) is 13.2 Å². The summed E-state index contributed by atoms with van der Waals surface area (Å²) in [5.41, 5.74) is -0.340. The van der Waals surface area contributed by atoms with Crippen molar-refractivity contribution in [2.24, 2.45) is 0 Å². The lowest BCUT2D eigenvalue weighted by atomic mass is 9.95. The van der Waals surface area contributed by atoms with Gasteiger partial charge in [-0.15, -0.1) is 0 Å². The van der Waals surface area contributed by atoms with Crippen molar-refractivity contribution in [2.45, 2.75) is 19.5 Å². The highest BCUT2D eigenvalue weighted by atomic mass is 19.4. The van der Waals surface area contributed by atoms with E-state index in [0.717, 1.165) is 18.2 Å². The van der Waals surface area contributed by atoms with E-state index < -0.39 is 29.2 Å². The molecule has 0 nitrogen and oxygen atoms in total. The predicted molar refractivity (Wildman–Crippen MR) is 101 cm³/mol. The van der Waals surface area contributed by atoms with Crippen molar-refractivity contribution in [3.63, 3.8) is 0 Å². The number of halogens is 6. The molecule has 0 fully saturated rings. The molecule has 0 aliphatic rings. The molecule has 4 aromatic carbocycles. The quantitative estimate of drug-likeness (QED) is 0.238. The smallest absolute Gasteiger partial charge is 0.206 e. The van der Waals surface area contributed by atoms with Crippen LogP contribution >= 0.6 is 0 Å². The fraction of sp³-hybridized carbons (Fsp3) is 0.130. The van der Waals surface area contributed by atoms with E-state index in [-0.39, 0.29) is 16.3 Å². The summed E-state index contributed by atoms with van der Waals surface area (Å²) in [6, 6.07) is 11.6. The molecule has 0 saturated carbocycles. The maximum Gasteiger partial charge on any atom is 0.419 e. The Morgan fingerprint density at radius 1 is 0.655 bits per heavy atom. The van der Waals surface area contributed by atoms with Crippen LogP contribution < -0.4 is 0 Å². The van der Waals surface area contributed by atoms with Gasteiger partial charge in [0.25, 0.3) is 0 Å². The Bertz CT molecular complexity index is 1250. The Morgan fingerprint density at radius 3 is 1.93 bits per heavy atom. The van der Waals surface area contributed by atoms with Crippen LogP contribution in [0.2, 0.25) is 0 Å². The van der Waals surface area contributed by atoms with Gasteiger partial charge < -0.3 is 0 Å². The normalized spacial score (nSPS) is 12.1. The molecule has 0 aromatic heterocycles. The number of hydrogen-bond acceptors (Lipinski definition) is 0. The lowest BCUT2D eigenvalue weighted by Crippen LogP contribution is -2.07. The molecule has 0 radical (unpaired) electrons. The zero-order valence-electron chi connectivity index (χ0n) is 15.2. The maximum absolute atomic E-state index is 14.7. The third kappa shape index (κ3) is 3.22. The zero-order valence-corrected chi connectivity index (χ0v) is 15.2. The monoisotopic (exact) mass is 404 g/mol. The van der Waals surface area contributed by atoms with E-state index in [1.807, 2.05) is 0 Å². The van der Waals surface area contributed by atoms with Gasteiger partial charge in [-0.25, -0.2) is 13.2 Å². The van der Waals surface area contributed by atoms with E-state index in [2.05, 4.69) is 0 Å². The van der Waals surface area contributed by atoms with E-state index in [1.54, 1.807) is 31.2 Å². The molecule has 4 rings (SSSR count). The molecule has 0 saturated heterocycles. The summed E-state index contributed by atoms with van der Waals surface area (Å²) in [4.78, 5) is 0. The first-order valence-corrected chi connectivity index (χ1v) is 8.91. The number of benzene rings is 4. The van der Waals surface area contributed by atoms with Gasteiger partial charge in [0.05, 0.1) is 5.56 Å². The van der Waals surface area contributed by atoms with Gasteiger partial charge in [-0.3, -0.25) is 0 Å². The average Bonchev–Trinajstić information content (AvgIpc) is 2.67. The minimum absolute atomic E-state index is 0.169. The van der Waals surface area contributed by atoms with Crippen LogP contribution in [-0.2, 0) is 12.6 Å². The van der Waals surface area contributed by atoms with Gasteiger partial charge in [0.2, 0.25) is 0 Å². The summed E-state index contributed by atoms with van der Waals surface area (Å²) in [6.45, 7) is 1.80. The molecule has 0 unspecified atom stereocenters. The third-order valence-electron chi connectivity index (χ3n) is 5.09. The molecule has 148 valence electrons. The van der Waals surface area contributed by atoms with Gasteiger partial charge in [0, 0.05) is 10.8 Å². The van der Waals surface area contributed by atoms with E-state index in [9.17, 15) is 26.3 Å². The Morgan fingerprint density at radius 2 is 1.28 bits per heavy atom. The number of aryl methyl sites for hydroxylation is 1. The zero-order chi connectivity index (χ0) is 20.9. The molecular weight excluding hydrogens is 390 g/mol. The number of hydrogen-bond donors (Lipinski definition) is 0. The molecule has 29 heavy (non-hydrogen) atoms. The number of rotatable bonds is 2. The van der Waals surface area contributed by atoms with Crippen LogP contribution in [0.25, 0.3) is 32.7 Å². The first kappa shape index (κ1) is 19.3. The fourth-order valence-electron chi connectivity index (χ4n) is 3.57. The van der Waals surface area contributed by atoms with Gasteiger partial charge in [-0.1, -0.05) is 37.3 Å². The molecule has 0 spiro atoms. The maximum atomic E-state index is 14.7. The highest BCUT2D eigenvalue weighted by molar-refractivity contribution is 6.09. The molecule has 4 aromatic rings. The molecule has 0 heterocycles. The van der Waals surface area contributed by atoms with Gasteiger partial charge in [0.1, 0.15) is 17.5 Å². The van der Waals surface area contributed by atoms with Crippen LogP contribution in [0.1, 0.15) is 18.1 Å². The van der Waals surface area contributed by atoms with Crippen molar-refractivity contribution >= 4 is 21.5 Å². The average molecular weight is 404 g/mol. The highest BCUT2D eigenvalue weighted by Crippen LogP contribution is 2.36. The second kappa shape index (κ2) is 6.79. The Kier molecular flexibility index (Phi) is 4.52. The van der Waals surface area contributed by atoms with Crippen LogP contribution in [0, 0.1) is 17.5 Å². The molecule has 0 aliphatic carbocycles. The lowest BCUT2D eigenvalue weighted by molar-refractivity contribution is -0.139. The Balaban J connectivity index is 1.90. The lowest BCUT2D eigenvalue weighted by Gasteiger charge is -2.12. The first-order chi connectivity index (χ1) is 13.7. The van der Waals surface area contributed by atoms with Crippen molar-refractivity contribution < 1.29 is 26.3 Å². The molecule has 0 aliphatic heterocycles. The Labute approximate surface area is 162 Å². The van der Waals surface area contributed by atoms with Crippen molar-refractivity contribution in [3.8, 4) is 11.1 Å². The van der Waals surface area contributed by atoms with Crippen LogP contribution in [0.4, 0.5) is 26.3 Å². The van der Waals surface area contributed by atoms with Crippen LogP contribution in [0.3, 0.4) is 0 Å². The summed E-state index contributed by atoms with van der Waals surface area (Å²) >= 11 is 0. The van der Waals surface area contributed by atoms with Crippen LogP contribution in [-0.4, -0.2) is 0 Å². The van der Waals surface area contributed by atoms with E-state index in [1.165, 1.54) is 6.07 Å². The summed E-state index contributed by atoms with van der Waals surface area (Å²) in [5, 5.41) is 1.35. The number of fused-ring (bicyclic) bond motifs is 3. The number of alkyl halides is 3. The predicted octanol–water partition coefficient (Wildman–Crippen LogP) is 7.66. The molecule has 6 heteroatoms. The van der Waals surface area contributed by atoms with Crippen molar-refractivity contribution in [1.82, 2.24) is 0 Å². The molecule has 0 amide bonds. The summed E-state index contributed by atoms with van der Waals surface area (Å²) in [6.07, 6.45) is -4.32. The van der Waals surface area contributed by atoms with E-state index in [0.29, 0.717) is 34.4 Å². The molecule has 0 N–H and O–H groups in total. The van der Waals surface area contributed by atoms with E-state index >= 15 is 0 Å². The van der Waals surface area contributed by atoms with Gasteiger partial charge >= 0.3 is 6.18 Å². The summed E-state index contributed by atoms with van der Waals surface area (Å²) < 4.78 is 81.5. The second-order valence-corrected chi connectivity index (χ2v) is 6.80. The molecular formula is C23H14F6. The van der Waals surface area contributed by atoms with Crippen molar-refractivity contribution in [1.29, 1.82) is 0 Å². The summed E-state index contributed by atoms with van der Waals surface area (Å²) in [5.74, 6) is -2.53. The van der Waals surface area contributed by atoms with Crippen molar-refractivity contribution in [2.75, 3.05) is 0 Å². The Hall–Kier alpha value is -3.02. The van der Waals surface area contributed by atoms with Crippen LogP contribution in [0.5, 0.6) is 0 Å². The largest absolute Gasteiger partial charge is 0.419 e. The SMILES string of the molecule is CCc1ccc2c(cc(F)c3cc(-c4ccc(C(F)(F)F)c(F)c4)ccc32)c1F.